The van der Waals surface area contributed by atoms with Crippen LogP contribution in [0.1, 0.15) is 22.3 Å². The van der Waals surface area contributed by atoms with Crippen molar-refractivity contribution in [1.29, 1.82) is 0 Å². The van der Waals surface area contributed by atoms with Crippen molar-refractivity contribution >= 4 is 34.2 Å². The molecule has 134 valence electrons. The molecule has 3 heterocycles. The van der Waals surface area contributed by atoms with E-state index in [0.29, 0.717) is 0 Å². The van der Waals surface area contributed by atoms with Crippen molar-refractivity contribution in [3.63, 3.8) is 0 Å². The second kappa shape index (κ2) is 6.54. The van der Waals surface area contributed by atoms with Gasteiger partial charge in [0.05, 0.1) is 12.2 Å². The molecule has 8 heteroatoms. The summed E-state index contributed by atoms with van der Waals surface area (Å²) < 4.78 is 0. The molecule has 0 spiro atoms. The van der Waals surface area contributed by atoms with E-state index < -0.39 is 6.04 Å². The van der Waals surface area contributed by atoms with Gasteiger partial charge in [-0.15, -0.1) is 11.3 Å². The lowest BCUT2D eigenvalue weighted by molar-refractivity contribution is -0.128. The summed E-state index contributed by atoms with van der Waals surface area (Å²) in [5, 5.41) is 6.45. The third-order valence-electron chi connectivity index (χ3n) is 4.33. The van der Waals surface area contributed by atoms with Gasteiger partial charge in [0.25, 0.3) is 5.91 Å². The maximum atomic E-state index is 12.8. The molecule has 1 aliphatic rings. The number of carbonyl (C=O) groups excluding carboxylic acids is 2. The van der Waals surface area contributed by atoms with Gasteiger partial charge in [0.2, 0.25) is 0 Å². The molecule has 1 atom stereocenters. The van der Waals surface area contributed by atoms with E-state index >= 15 is 0 Å². The quantitative estimate of drug-likeness (QED) is 0.677. The minimum absolute atomic E-state index is 0.196. The number of hydrogen-bond acceptors (Lipinski definition) is 5. The number of aromatic amines is 1. The van der Waals surface area contributed by atoms with E-state index in [0.717, 1.165) is 33.7 Å². The molecule has 1 fully saturated rings. The molecule has 3 aromatic rings. The second-order valence-electron chi connectivity index (χ2n) is 6.57. The lowest BCUT2D eigenvalue weighted by Gasteiger charge is -2.11. The first kappa shape index (κ1) is 16.7. The molecule has 1 aliphatic heterocycles. The SMILES string of the molecule is CN(C)Cc1csc(CN2C(=O)NC(c3c[nH]c4ccccc34)C2=O)n1. The Hall–Kier alpha value is -2.71. The van der Waals surface area contributed by atoms with Crippen LogP contribution in [-0.2, 0) is 17.9 Å². The van der Waals surface area contributed by atoms with E-state index in [2.05, 4.69) is 15.3 Å². The average molecular weight is 369 g/mol. The van der Waals surface area contributed by atoms with Crippen LogP contribution in [0.3, 0.4) is 0 Å². The summed E-state index contributed by atoms with van der Waals surface area (Å²) >= 11 is 1.47. The maximum Gasteiger partial charge on any atom is 0.325 e. The third-order valence-corrected chi connectivity index (χ3v) is 5.21. The van der Waals surface area contributed by atoms with Gasteiger partial charge in [-0.2, -0.15) is 0 Å². The number of amides is 3. The number of hydrogen-bond donors (Lipinski definition) is 2. The predicted octanol–water partition coefficient (Wildman–Crippen LogP) is 2.48. The summed E-state index contributed by atoms with van der Waals surface area (Å²) in [4.78, 5) is 36.1. The fourth-order valence-electron chi connectivity index (χ4n) is 3.17. The van der Waals surface area contributed by atoms with E-state index in [9.17, 15) is 9.59 Å². The molecule has 1 unspecified atom stereocenters. The van der Waals surface area contributed by atoms with Crippen LogP contribution in [0.15, 0.2) is 35.8 Å². The summed E-state index contributed by atoms with van der Waals surface area (Å²) in [6.45, 7) is 0.927. The highest BCUT2D eigenvalue weighted by molar-refractivity contribution is 7.09. The Balaban J connectivity index is 1.55. The Morgan fingerprint density at radius 2 is 2.08 bits per heavy atom. The van der Waals surface area contributed by atoms with Gasteiger partial charge >= 0.3 is 6.03 Å². The maximum absolute atomic E-state index is 12.8. The molecule has 1 saturated heterocycles. The number of carbonyl (C=O) groups is 2. The number of benzene rings is 1. The molecule has 0 saturated carbocycles. The van der Waals surface area contributed by atoms with Crippen molar-refractivity contribution in [2.45, 2.75) is 19.1 Å². The van der Waals surface area contributed by atoms with Gasteiger partial charge in [0.15, 0.2) is 0 Å². The number of aromatic nitrogens is 2. The van der Waals surface area contributed by atoms with Gasteiger partial charge in [-0.1, -0.05) is 18.2 Å². The number of imide groups is 1. The number of fused-ring (bicyclic) bond motifs is 1. The highest BCUT2D eigenvalue weighted by Crippen LogP contribution is 2.29. The van der Waals surface area contributed by atoms with Gasteiger partial charge in [0, 0.05) is 34.6 Å². The molecule has 0 aliphatic carbocycles. The zero-order chi connectivity index (χ0) is 18.3. The van der Waals surface area contributed by atoms with Crippen molar-refractivity contribution < 1.29 is 9.59 Å². The largest absolute Gasteiger partial charge is 0.361 e. The lowest BCUT2D eigenvalue weighted by atomic mass is 10.1. The van der Waals surface area contributed by atoms with Crippen LogP contribution in [0.2, 0.25) is 0 Å². The van der Waals surface area contributed by atoms with Crippen molar-refractivity contribution in [3.05, 3.63) is 52.1 Å². The molecule has 3 amide bonds. The van der Waals surface area contributed by atoms with E-state index in [4.69, 9.17) is 0 Å². The number of para-hydroxylation sites is 1. The van der Waals surface area contributed by atoms with Crippen LogP contribution in [0.5, 0.6) is 0 Å². The number of thiazole rings is 1. The number of nitrogens with one attached hydrogen (secondary N) is 2. The minimum Gasteiger partial charge on any atom is -0.361 e. The van der Waals surface area contributed by atoms with Crippen LogP contribution in [-0.4, -0.2) is 45.8 Å². The van der Waals surface area contributed by atoms with E-state index in [1.807, 2.05) is 48.6 Å². The first-order valence-corrected chi connectivity index (χ1v) is 9.17. The van der Waals surface area contributed by atoms with Gasteiger partial charge in [-0.05, 0) is 20.2 Å². The molecule has 26 heavy (non-hydrogen) atoms. The first-order valence-electron chi connectivity index (χ1n) is 8.29. The van der Waals surface area contributed by atoms with Crippen LogP contribution in [0, 0.1) is 0 Å². The van der Waals surface area contributed by atoms with Crippen LogP contribution < -0.4 is 5.32 Å². The number of urea groups is 1. The molecule has 0 radical (unpaired) electrons. The molecule has 4 rings (SSSR count). The normalized spacial score (nSPS) is 17.5. The van der Waals surface area contributed by atoms with Crippen molar-refractivity contribution in [2.75, 3.05) is 14.1 Å². The van der Waals surface area contributed by atoms with Crippen molar-refractivity contribution in [3.8, 4) is 0 Å². The van der Waals surface area contributed by atoms with Crippen molar-refractivity contribution in [1.82, 2.24) is 25.1 Å². The van der Waals surface area contributed by atoms with Gasteiger partial charge < -0.3 is 15.2 Å². The Morgan fingerprint density at radius 1 is 1.27 bits per heavy atom. The molecular weight excluding hydrogens is 350 g/mol. The van der Waals surface area contributed by atoms with Crippen LogP contribution in [0.25, 0.3) is 10.9 Å². The van der Waals surface area contributed by atoms with Gasteiger partial charge in [0.1, 0.15) is 11.0 Å². The van der Waals surface area contributed by atoms with Crippen LogP contribution in [0.4, 0.5) is 4.79 Å². The molecule has 0 bridgehead atoms. The Labute approximate surface area is 154 Å². The minimum atomic E-state index is -0.667. The molecule has 7 nitrogen and oxygen atoms in total. The fraction of sp³-hybridized carbons (Fsp3) is 0.278. The van der Waals surface area contributed by atoms with Gasteiger partial charge in [-0.3, -0.25) is 9.69 Å². The topological polar surface area (TPSA) is 81.3 Å². The van der Waals surface area contributed by atoms with Crippen LogP contribution >= 0.6 is 11.3 Å². The summed E-state index contributed by atoms with van der Waals surface area (Å²) in [6, 6.07) is 6.68. The number of rotatable bonds is 5. The Bertz CT molecular complexity index is 977. The molecule has 2 aromatic heterocycles. The highest BCUT2D eigenvalue weighted by Gasteiger charge is 2.40. The van der Waals surface area contributed by atoms with E-state index in [1.54, 1.807) is 6.20 Å². The summed E-state index contributed by atoms with van der Waals surface area (Å²) in [6.07, 6.45) is 1.79. The first-order chi connectivity index (χ1) is 12.5. The average Bonchev–Trinajstić information content (AvgIpc) is 3.29. The second-order valence-corrected chi connectivity index (χ2v) is 7.51. The number of H-pyrrole nitrogens is 1. The monoisotopic (exact) mass is 369 g/mol. The summed E-state index contributed by atoms with van der Waals surface area (Å²) in [7, 11) is 3.95. The number of nitrogens with zero attached hydrogens (tertiary/aromatic N) is 3. The zero-order valence-corrected chi connectivity index (χ0v) is 15.3. The molecule has 2 N–H and O–H groups in total. The Morgan fingerprint density at radius 3 is 2.88 bits per heavy atom. The van der Waals surface area contributed by atoms with E-state index in [-0.39, 0.29) is 18.5 Å². The summed E-state index contributed by atoms with van der Waals surface area (Å²) in [5.74, 6) is -0.246. The van der Waals surface area contributed by atoms with E-state index in [1.165, 1.54) is 16.2 Å². The fourth-order valence-corrected chi connectivity index (χ4v) is 3.94. The lowest BCUT2D eigenvalue weighted by Crippen LogP contribution is -2.30. The standard InChI is InChI=1S/C18H19N5O2S/c1-22(2)8-11-10-26-15(20-11)9-23-17(24)16(21-18(23)25)13-7-19-14-6-4-3-5-12(13)14/h3-7,10,16,19H,8-9H2,1-2H3,(H,21,25). The van der Waals surface area contributed by atoms with Crippen molar-refractivity contribution in [2.24, 2.45) is 0 Å². The van der Waals surface area contributed by atoms with Gasteiger partial charge in [-0.25, -0.2) is 9.78 Å². The molecular formula is C18H19N5O2S. The smallest absolute Gasteiger partial charge is 0.325 e. The summed E-state index contributed by atoms with van der Waals surface area (Å²) in [5.41, 5.74) is 2.67. The Kier molecular flexibility index (Phi) is 4.21. The predicted molar refractivity (Wildman–Crippen MR) is 99.6 cm³/mol. The third kappa shape index (κ3) is 2.97. The zero-order valence-electron chi connectivity index (χ0n) is 14.5. The molecule has 1 aromatic carbocycles. The highest BCUT2D eigenvalue weighted by atomic mass is 32.1.